The molecule has 7 heteroatoms. The van der Waals surface area contributed by atoms with E-state index < -0.39 is 0 Å². The molecule has 164 valence electrons. The van der Waals surface area contributed by atoms with Crippen LogP contribution < -0.4 is 10.2 Å². The van der Waals surface area contributed by atoms with Gasteiger partial charge in [-0.3, -0.25) is 9.36 Å². The van der Waals surface area contributed by atoms with Crippen molar-refractivity contribution in [2.24, 2.45) is 23.2 Å². The number of carbonyl (C=O) groups is 1. The van der Waals surface area contributed by atoms with Crippen molar-refractivity contribution in [3.05, 3.63) is 0 Å². The van der Waals surface area contributed by atoms with Crippen LogP contribution in [-0.4, -0.2) is 45.6 Å². The molecule has 6 aliphatic rings. The van der Waals surface area contributed by atoms with Crippen molar-refractivity contribution in [2.75, 3.05) is 23.7 Å². The third-order valence-electron chi connectivity index (χ3n) is 8.66. The van der Waals surface area contributed by atoms with E-state index in [2.05, 4.69) is 31.9 Å². The smallest absolute Gasteiger partial charge is 0.230 e. The van der Waals surface area contributed by atoms with Gasteiger partial charge >= 0.3 is 0 Å². The van der Waals surface area contributed by atoms with Gasteiger partial charge in [-0.15, -0.1) is 10.2 Å². The summed E-state index contributed by atoms with van der Waals surface area (Å²) in [7, 11) is 0. The second-order valence-corrected chi connectivity index (χ2v) is 11.9. The number of carbonyl (C=O) groups excluding carboxylic acids is 1. The summed E-state index contributed by atoms with van der Waals surface area (Å²) in [6.07, 6.45) is 13.3. The topological polar surface area (TPSA) is 63.1 Å². The molecule has 6 nitrogen and oxygen atoms in total. The van der Waals surface area contributed by atoms with Crippen molar-refractivity contribution in [3.63, 3.8) is 0 Å². The molecule has 1 atom stereocenters. The number of thioether (sulfide) groups is 1. The van der Waals surface area contributed by atoms with E-state index in [1.165, 1.54) is 64.2 Å². The molecular weight excluding hydrogens is 394 g/mol. The molecule has 1 aliphatic heterocycles. The molecule has 0 aromatic carbocycles. The summed E-state index contributed by atoms with van der Waals surface area (Å²) in [6, 6.07) is 0.826. The predicted molar refractivity (Wildman–Crippen MR) is 119 cm³/mol. The van der Waals surface area contributed by atoms with Crippen LogP contribution in [0.2, 0.25) is 0 Å². The lowest BCUT2D eigenvalue weighted by atomic mass is 9.48. The van der Waals surface area contributed by atoms with Crippen molar-refractivity contribution < 1.29 is 4.79 Å². The maximum atomic E-state index is 12.9. The van der Waals surface area contributed by atoms with Crippen LogP contribution in [0.1, 0.15) is 77.2 Å². The highest BCUT2D eigenvalue weighted by atomic mass is 32.2. The molecule has 1 N–H and O–H groups in total. The Morgan fingerprint density at radius 3 is 2.33 bits per heavy atom. The van der Waals surface area contributed by atoms with Crippen LogP contribution in [0, 0.1) is 23.2 Å². The molecule has 4 bridgehead atoms. The number of rotatable bonds is 7. The average molecular weight is 430 g/mol. The molecule has 5 saturated carbocycles. The third-order valence-corrected chi connectivity index (χ3v) is 9.60. The number of nitrogens with zero attached hydrogens (tertiary/aromatic N) is 4. The summed E-state index contributed by atoms with van der Waals surface area (Å²) in [4.78, 5) is 15.2. The van der Waals surface area contributed by atoms with Gasteiger partial charge in [0.1, 0.15) is 0 Å². The third kappa shape index (κ3) is 3.45. The van der Waals surface area contributed by atoms with Crippen LogP contribution >= 0.6 is 11.8 Å². The molecule has 1 unspecified atom stereocenters. The molecule has 7 rings (SSSR count). The zero-order chi connectivity index (χ0) is 20.3. The van der Waals surface area contributed by atoms with Gasteiger partial charge in [0.2, 0.25) is 11.9 Å². The number of hydrogen-bond acceptors (Lipinski definition) is 5. The van der Waals surface area contributed by atoms with Crippen molar-refractivity contribution in [2.45, 2.75) is 88.4 Å². The summed E-state index contributed by atoms with van der Waals surface area (Å²) in [5.41, 5.74) is 0.367. The molecule has 0 radical (unpaired) electrons. The van der Waals surface area contributed by atoms with Gasteiger partial charge in [-0.2, -0.15) is 0 Å². The van der Waals surface area contributed by atoms with E-state index in [-0.39, 0.29) is 5.91 Å². The molecule has 5 aliphatic carbocycles. The van der Waals surface area contributed by atoms with E-state index >= 15 is 0 Å². The first kappa shape index (κ1) is 19.4. The van der Waals surface area contributed by atoms with Gasteiger partial charge < -0.3 is 10.2 Å². The van der Waals surface area contributed by atoms with Gasteiger partial charge in [0.15, 0.2) is 5.16 Å². The van der Waals surface area contributed by atoms with Crippen LogP contribution in [-0.2, 0) is 4.79 Å². The zero-order valence-electron chi connectivity index (χ0n) is 18.2. The highest BCUT2D eigenvalue weighted by Crippen LogP contribution is 2.61. The largest absolute Gasteiger partial charge is 0.352 e. The van der Waals surface area contributed by atoms with Crippen LogP contribution in [0.5, 0.6) is 0 Å². The van der Waals surface area contributed by atoms with Gasteiger partial charge in [0.25, 0.3) is 0 Å². The summed E-state index contributed by atoms with van der Waals surface area (Å²) < 4.78 is 2.31. The maximum Gasteiger partial charge on any atom is 0.230 e. The summed E-state index contributed by atoms with van der Waals surface area (Å²) in [6.45, 7) is 4.44. The number of nitrogens with one attached hydrogen (secondary N) is 1. The average Bonchev–Trinajstić information content (AvgIpc) is 3.23. The number of aromatic nitrogens is 3. The fourth-order valence-corrected chi connectivity index (χ4v) is 8.24. The Balaban J connectivity index is 1.09. The van der Waals surface area contributed by atoms with Crippen LogP contribution in [0.4, 0.5) is 5.95 Å². The minimum atomic E-state index is 0.163. The Morgan fingerprint density at radius 2 is 1.73 bits per heavy atom. The molecule has 1 aromatic heterocycles. The second-order valence-electron chi connectivity index (χ2n) is 10.9. The highest BCUT2D eigenvalue weighted by molar-refractivity contribution is 7.99. The van der Waals surface area contributed by atoms with Crippen molar-refractivity contribution in [1.29, 1.82) is 0 Å². The normalized spacial score (nSPS) is 35.8. The molecule has 1 amide bonds. The molecule has 1 saturated heterocycles. The Hall–Kier alpha value is -1.24. The second kappa shape index (κ2) is 7.42. The van der Waals surface area contributed by atoms with E-state index in [1.807, 2.05) is 0 Å². The zero-order valence-corrected chi connectivity index (χ0v) is 19.0. The van der Waals surface area contributed by atoms with Crippen LogP contribution in [0.15, 0.2) is 5.16 Å². The lowest BCUT2D eigenvalue weighted by Crippen LogP contribution is -2.56. The van der Waals surface area contributed by atoms with E-state index in [1.54, 1.807) is 11.8 Å². The van der Waals surface area contributed by atoms with Gasteiger partial charge in [0.05, 0.1) is 5.75 Å². The van der Waals surface area contributed by atoms with Crippen LogP contribution in [0.3, 0.4) is 0 Å². The fraction of sp³-hybridized carbons (Fsp3) is 0.870. The molecule has 0 spiro atoms. The lowest BCUT2D eigenvalue weighted by Gasteiger charge is -2.59. The maximum absolute atomic E-state index is 12.9. The van der Waals surface area contributed by atoms with Crippen molar-refractivity contribution in [1.82, 2.24) is 20.1 Å². The van der Waals surface area contributed by atoms with Crippen molar-refractivity contribution >= 4 is 23.6 Å². The molecule has 30 heavy (non-hydrogen) atoms. The van der Waals surface area contributed by atoms with E-state index in [4.69, 9.17) is 0 Å². The first-order valence-corrected chi connectivity index (χ1v) is 13.2. The number of anilines is 1. The van der Waals surface area contributed by atoms with Gasteiger partial charge in [-0.1, -0.05) is 11.8 Å². The van der Waals surface area contributed by atoms with Gasteiger partial charge in [-0.05, 0) is 94.3 Å². The van der Waals surface area contributed by atoms with Gasteiger partial charge in [0, 0.05) is 25.2 Å². The number of amides is 1. The molecular formula is C23H35N5OS. The fourth-order valence-electron chi connectivity index (χ4n) is 7.43. The quantitative estimate of drug-likeness (QED) is 0.663. The minimum absolute atomic E-state index is 0.163. The first-order valence-electron chi connectivity index (χ1n) is 12.2. The Morgan fingerprint density at radius 1 is 1.10 bits per heavy atom. The van der Waals surface area contributed by atoms with Crippen LogP contribution in [0.25, 0.3) is 0 Å². The standard InChI is InChI=1S/C23H35N5OS/c1-15(23-11-16-8-17(12-23)10-18(9-16)13-23)24-20(29)14-30-22-26-25-21(27-6-2-3-7-27)28(22)19-4-5-19/h15-19H,2-14H2,1H3,(H,24,29). The predicted octanol–water partition coefficient (Wildman–Crippen LogP) is 4.03. The van der Waals surface area contributed by atoms with E-state index in [9.17, 15) is 4.79 Å². The molecule has 6 fully saturated rings. The summed E-state index contributed by atoms with van der Waals surface area (Å²) in [5.74, 6) is 4.40. The first-order chi connectivity index (χ1) is 14.6. The minimum Gasteiger partial charge on any atom is -0.352 e. The summed E-state index contributed by atoms with van der Waals surface area (Å²) >= 11 is 1.57. The monoisotopic (exact) mass is 429 g/mol. The Bertz CT molecular complexity index is 777. The molecule has 2 heterocycles. The summed E-state index contributed by atoms with van der Waals surface area (Å²) in [5, 5.41) is 13.3. The van der Waals surface area contributed by atoms with Gasteiger partial charge in [-0.25, -0.2) is 0 Å². The lowest BCUT2D eigenvalue weighted by molar-refractivity contribution is -0.123. The van der Waals surface area contributed by atoms with E-state index in [0.717, 1.165) is 41.9 Å². The van der Waals surface area contributed by atoms with Crippen molar-refractivity contribution in [3.8, 4) is 0 Å². The number of hydrogen-bond donors (Lipinski definition) is 1. The highest BCUT2D eigenvalue weighted by Gasteiger charge is 2.53. The van der Waals surface area contributed by atoms with E-state index in [0.29, 0.717) is 23.3 Å². The Kier molecular flexibility index (Phi) is 4.81. The SMILES string of the molecule is CC(NC(=O)CSc1nnc(N2CCCC2)n1C1CC1)C12CC3CC(CC(C3)C1)C2. The molecule has 1 aromatic rings. The Labute approximate surface area is 183 Å².